The fraction of sp³-hybridized carbons (Fsp3) is 0.760. The number of rotatable bonds is 4. The molecule has 0 aliphatic heterocycles. The Morgan fingerprint density at radius 2 is 1.32 bits per heavy atom. The van der Waals surface area contributed by atoms with E-state index in [-0.39, 0.29) is 5.75 Å². The van der Waals surface area contributed by atoms with E-state index in [2.05, 4.69) is 6.92 Å². The zero-order valence-corrected chi connectivity index (χ0v) is 17.6. The van der Waals surface area contributed by atoms with Gasteiger partial charge in [-0.1, -0.05) is 19.8 Å². The van der Waals surface area contributed by atoms with Crippen LogP contribution in [0.4, 0.5) is 8.78 Å². The summed E-state index contributed by atoms with van der Waals surface area (Å²) in [5.41, 5.74) is 0.816. The monoisotopic (exact) mass is 390 g/mol. The van der Waals surface area contributed by atoms with Gasteiger partial charge in [0.05, 0.1) is 7.11 Å². The van der Waals surface area contributed by atoms with E-state index in [1.807, 2.05) is 0 Å². The highest BCUT2D eigenvalue weighted by atomic mass is 19.1. The van der Waals surface area contributed by atoms with Crippen LogP contribution in [0.2, 0.25) is 0 Å². The largest absolute Gasteiger partial charge is 0.491 e. The molecule has 3 fully saturated rings. The molecular formula is C25H36F2O. The molecule has 0 amide bonds. The van der Waals surface area contributed by atoms with Crippen molar-refractivity contribution in [1.29, 1.82) is 0 Å². The topological polar surface area (TPSA) is 9.23 Å². The Bertz CT molecular complexity index is 642. The number of hydrogen-bond acceptors (Lipinski definition) is 1. The van der Waals surface area contributed by atoms with Crippen molar-refractivity contribution in [2.45, 2.75) is 83.5 Å². The first-order chi connectivity index (χ1) is 13.6. The van der Waals surface area contributed by atoms with Crippen LogP contribution in [0, 0.1) is 41.2 Å². The Labute approximate surface area is 169 Å². The Balaban J connectivity index is 1.33. The van der Waals surface area contributed by atoms with E-state index >= 15 is 0 Å². The van der Waals surface area contributed by atoms with E-state index in [4.69, 9.17) is 4.74 Å². The number of hydrogen-bond donors (Lipinski definition) is 0. The minimum absolute atomic E-state index is 0.257. The Morgan fingerprint density at radius 1 is 0.786 bits per heavy atom. The van der Waals surface area contributed by atoms with Crippen LogP contribution in [0.25, 0.3) is 0 Å². The van der Waals surface area contributed by atoms with Crippen LogP contribution >= 0.6 is 0 Å². The predicted molar refractivity (Wildman–Crippen MR) is 110 cm³/mol. The van der Waals surface area contributed by atoms with Crippen molar-refractivity contribution < 1.29 is 13.5 Å². The van der Waals surface area contributed by atoms with Crippen molar-refractivity contribution in [3.05, 3.63) is 29.3 Å². The highest BCUT2D eigenvalue weighted by Gasteiger charge is 2.38. The molecule has 0 heterocycles. The number of fused-ring (bicyclic) bond motifs is 1. The molecule has 4 rings (SSSR count). The molecule has 0 bridgehead atoms. The summed E-state index contributed by atoms with van der Waals surface area (Å²) in [6.45, 7) is 2.36. The van der Waals surface area contributed by atoms with Crippen molar-refractivity contribution >= 4 is 0 Å². The summed E-state index contributed by atoms with van der Waals surface area (Å²) < 4.78 is 33.0. The summed E-state index contributed by atoms with van der Waals surface area (Å²) in [5, 5.41) is 0. The van der Waals surface area contributed by atoms with E-state index in [1.165, 1.54) is 77.0 Å². The summed E-state index contributed by atoms with van der Waals surface area (Å²) in [4.78, 5) is 0. The Morgan fingerprint density at radius 3 is 1.93 bits per heavy atom. The van der Waals surface area contributed by atoms with Crippen molar-refractivity contribution in [2.75, 3.05) is 7.11 Å². The summed E-state index contributed by atoms with van der Waals surface area (Å²) in [7, 11) is 1.32. The molecule has 156 valence electrons. The fourth-order valence-corrected chi connectivity index (χ4v) is 6.76. The van der Waals surface area contributed by atoms with Crippen molar-refractivity contribution in [3.8, 4) is 5.75 Å². The summed E-state index contributed by atoms with van der Waals surface area (Å²) in [6.07, 6.45) is 14.6. The molecule has 0 spiro atoms. The van der Waals surface area contributed by atoms with Crippen LogP contribution in [-0.4, -0.2) is 7.11 Å². The fourth-order valence-electron chi connectivity index (χ4n) is 6.76. The first-order valence-corrected chi connectivity index (χ1v) is 11.6. The van der Waals surface area contributed by atoms with E-state index in [1.54, 1.807) is 0 Å². The van der Waals surface area contributed by atoms with Crippen LogP contribution in [0.3, 0.4) is 0 Å². The standard InChI is InChI=1S/C25H36F2O/c1-3-16-4-5-21-13-20(11-10-19(21)12-16)17-6-8-18(9-7-17)22-14-23(26)25(28-2)24(27)15-22/h14-21H,3-13H2,1-2H3. The van der Waals surface area contributed by atoms with E-state index in [0.29, 0.717) is 5.92 Å². The maximum atomic E-state index is 14.1. The number of methoxy groups -OCH3 is 1. The van der Waals surface area contributed by atoms with Crippen LogP contribution in [0.15, 0.2) is 12.1 Å². The van der Waals surface area contributed by atoms with Crippen molar-refractivity contribution in [1.82, 2.24) is 0 Å². The molecule has 3 saturated carbocycles. The molecule has 3 heteroatoms. The average molecular weight is 391 g/mol. The summed E-state index contributed by atoms with van der Waals surface area (Å²) in [5.74, 6) is 3.58. The number of halogens is 2. The van der Waals surface area contributed by atoms with Gasteiger partial charge in [-0.2, -0.15) is 0 Å². The van der Waals surface area contributed by atoms with Gasteiger partial charge >= 0.3 is 0 Å². The zero-order valence-electron chi connectivity index (χ0n) is 17.6. The smallest absolute Gasteiger partial charge is 0.190 e. The minimum atomic E-state index is -0.569. The van der Waals surface area contributed by atoms with Gasteiger partial charge in [0.1, 0.15) is 0 Å². The molecule has 0 N–H and O–H groups in total. The lowest BCUT2D eigenvalue weighted by Gasteiger charge is -2.45. The second-order valence-electron chi connectivity index (χ2n) is 9.81. The SMILES string of the molecule is CCC1CCC2CC(C3CCC(c4cc(F)c(OC)c(F)c4)CC3)CCC2C1. The van der Waals surface area contributed by atoms with Crippen LogP contribution < -0.4 is 4.74 Å². The lowest BCUT2D eigenvalue weighted by atomic mass is 9.60. The van der Waals surface area contributed by atoms with Crippen molar-refractivity contribution in [2.24, 2.45) is 29.6 Å². The molecule has 28 heavy (non-hydrogen) atoms. The second kappa shape index (κ2) is 8.71. The second-order valence-corrected chi connectivity index (χ2v) is 9.81. The lowest BCUT2D eigenvalue weighted by Crippen LogP contribution is -2.34. The predicted octanol–water partition coefficient (Wildman–Crippen LogP) is 7.49. The van der Waals surface area contributed by atoms with Crippen molar-refractivity contribution in [3.63, 3.8) is 0 Å². The van der Waals surface area contributed by atoms with Crippen LogP contribution in [0.1, 0.15) is 89.0 Å². The third kappa shape index (κ3) is 4.09. The highest BCUT2D eigenvalue weighted by molar-refractivity contribution is 5.33. The summed E-state index contributed by atoms with van der Waals surface area (Å²) >= 11 is 0. The summed E-state index contributed by atoms with van der Waals surface area (Å²) in [6, 6.07) is 2.98. The molecular weight excluding hydrogens is 354 g/mol. The van der Waals surface area contributed by atoms with E-state index < -0.39 is 11.6 Å². The Hall–Kier alpha value is -1.12. The van der Waals surface area contributed by atoms with Gasteiger partial charge in [-0.3, -0.25) is 0 Å². The molecule has 1 aromatic rings. The Kier molecular flexibility index (Phi) is 6.27. The van der Waals surface area contributed by atoms with E-state index in [0.717, 1.165) is 48.0 Å². The zero-order chi connectivity index (χ0) is 19.7. The number of benzene rings is 1. The van der Waals surface area contributed by atoms with Gasteiger partial charge in [0.15, 0.2) is 17.4 Å². The average Bonchev–Trinajstić information content (AvgIpc) is 2.73. The first kappa shape index (κ1) is 20.2. The first-order valence-electron chi connectivity index (χ1n) is 11.6. The molecule has 4 atom stereocenters. The van der Waals surface area contributed by atoms with E-state index in [9.17, 15) is 8.78 Å². The van der Waals surface area contributed by atoms with Gasteiger partial charge in [-0.05, 0) is 111 Å². The third-order valence-electron chi connectivity index (χ3n) is 8.47. The van der Waals surface area contributed by atoms with Gasteiger partial charge in [0.25, 0.3) is 0 Å². The molecule has 1 aromatic carbocycles. The quantitative estimate of drug-likeness (QED) is 0.517. The minimum Gasteiger partial charge on any atom is -0.491 e. The molecule has 3 aliphatic rings. The number of ether oxygens (including phenoxy) is 1. The maximum absolute atomic E-state index is 14.1. The molecule has 0 radical (unpaired) electrons. The van der Waals surface area contributed by atoms with Gasteiger partial charge in [0.2, 0.25) is 0 Å². The maximum Gasteiger partial charge on any atom is 0.190 e. The molecule has 1 nitrogen and oxygen atoms in total. The van der Waals surface area contributed by atoms with Crippen LogP contribution in [0.5, 0.6) is 5.75 Å². The molecule has 0 saturated heterocycles. The third-order valence-corrected chi connectivity index (χ3v) is 8.47. The van der Waals surface area contributed by atoms with Gasteiger partial charge in [-0.15, -0.1) is 0 Å². The lowest BCUT2D eigenvalue weighted by molar-refractivity contribution is 0.0629. The van der Waals surface area contributed by atoms with Gasteiger partial charge < -0.3 is 4.74 Å². The van der Waals surface area contributed by atoms with Crippen LogP contribution in [-0.2, 0) is 0 Å². The molecule has 0 aromatic heterocycles. The highest BCUT2D eigenvalue weighted by Crippen LogP contribution is 2.50. The molecule has 3 aliphatic carbocycles. The normalized spacial score (nSPS) is 36.0. The van der Waals surface area contributed by atoms with Gasteiger partial charge in [-0.25, -0.2) is 8.78 Å². The molecule has 4 unspecified atom stereocenters. The van der Waals surface area contributed by atoms with Gasteiger partial charge in [0, 0.05) is 0 Å².